The molecule has 0 bridgehead atoms. The first-order chi connectivity index (χ1) is 16.9. The zero-order valence-corrected chi connectivity index (χ0v) is 21.0. The Kier molecular flexibility index (Phi) is 7.67. The van der Waals surface area contributed by atoms with Gasteiger partial charge in [0, 0.05) is 11.6 Å². The molecule has 2 aromatic carbocycles. The minimum absolute atomic E-state index is 0.0134. The minimum atomic E-state index is -0.737. The third-order valence-corrected chi connectivity index (χ3v) is 6.58. The number of hydrogen-bond acceptors (Lipinski definition) is 6. The molecule has 3 aromatic rings. The Labute approximate surface area is 209 Å². The molecule has 1 unspecified atom stereocenters. The second kappa shape index (κ2) is 10.7. The predicted molar refractivity (Wildman–Crippen MR) is 135 cm³/mol. The summed E-state index contributed by atoms with van der Waals surface area (Å²) >= 11 is 6.28. The molecule has 0 aliphatic carbocycles. The van der Waals surface area contributed by atoms with Crippen LogP contribution in [0, 0.1) is 6.92 Å². The van der Waals surface area contributed by atoms with Gasteiger partial charge in [-0.25, -0.2) is 0 Å². The van der Waals surface area contributed by atoms with Crippen molar-refractivity contribution in [1.29, 1.82) is 0 Å². The predicted octanol–water partition coefficient (Wildman–Crippen LogP) is 5.26. The monoisotopic (exact) mass is 499 g/mol. The number of halogens is 1. The Bertz CT molecular complexity index is 1300. The van der Waals surface area contributed by atoms with Crippen LogP contribution in [0.3, 0.4) is 0 Å². The van der Waals surface area contributed by atoms with E-state index in [1.54, 1.807) is 31.2 Å². The summed E-state index contributed by atoms with van der Waals surface area (Å²) in [5, 5.41) is 10.4. The van der Waals surface area contributed by atoms with Gasteiger partial charge in [0.15, 0.2) is 16.9 Å². The van der Waals surface area contributed by atoms with Crippen LogP contribution in [0.2, 0.25) is 5.02 Å². The molecule has 0 spiro atoms. The largest absolute Gasteiger partial charge is 0.490 e. The Morgan fingerprint density at radius 1 is 1.09 bits per heavy atom. The summed E-state index contributed by atoms with van der Waals surface area (Å²) in [7, 11) is 0. The normalized spacial score (nSPS) is 15.1. The molecule has 35 heavy (non-hydrogen) atoms. The number of amides is 1. The molecule has 1 aromatic heterocycles. The number of aryl methyl sites for hydroxylation is 1. The highest BCUT2D eigenvalue weighted by molar-refractivity contribution is 6.32. The number of unbranched alkanes of at least 4 members (excludes halogenated alkanes) is 2. The molecule has 7 nitrogen and oxygen atoms in total. The lowest BCUT2D eigenvalue weighted by molar-refractivity contribution is 0.0691. The number of aliphatic hydroxyl groups excluding tert-OH is 1. The zero-order valence-electron chi connectivity index (χ0n) is 20.2. The molecular weight excluding hydrogens is 470 g/mol. The summed E-state index contributed by atoms with van der Waals surface area (Å²) < 4.78 is 17.7. The van der Waals surface area contributed by atoms with Crippen molar-refractivity contribution >= 4 is 28.5 Å². The summed E-state index contributed by atoms with van der Waals surface area (Å²) in [5.74, 6) is 0.692. The summed E-state index contributed by atoms with van der Waals surface area (Å²) in [6, 6.07) is 7.91. The van der Waals surface area contributed by atoms with Gasteiger partial charge in [-0.1, -0.05) is 37.4 Å². The molecule has 1 N–H and O–H groups in total. The van der Waals surface area contributed by atoms with Crippen molar-refractivity contribution < 1.29 is 23.8 Å². The van der Waals surface area contributed by atoms with Crippen molar-refractivity contribution in [3.05, 3.63) is 68.0 Å². The molecule has 0 saturated carbocycles. The molecule has 4 rings (SSSR count). The molecule has 1 aliphatic heterocycles. The fraction of sp³-hybridized carbons (Fsp3) is 0.407. The number of fused-ring (bicyclic) bond motifs is 2. The van der Waals surface area contributed by atoms with Crippen LogP contribution in [0.15, 0.2) is 39.5 Å². The molecule has 186 valence electrons. The van der Waals surface area contributed by atoms with Crippen LogP contribution >= 0.6 is 11.6 Å². The third-order valence-electron chi connectivity index (χ3n) is 6.18. The summed E-state index contributed by atoms with van der Waals surface area (Å²) in [6.07, 6.45) is 3.11. The zero-order chi connectivity index (χ0) is 25.1. The first kappa shape index (κ1) is 25.1. The van der Waals surface area contributed by atoms with Gasteiger partial charge < -0.3 is 23.9 Å². The topological polar surface area (TPSA) is 89.2 Å². The Balaban J connectivity index is 1.83. The van der Waals surface area contributed by atoms with Crippen molar-refractivity contribution in [1.82, 2.24) is 4.90 Å². The van der Waals surface area contributed by atoms with Crippen LogP contribution in [-0.2, 0) is 0 Å². The van der Waals surface area contributed by atoms with Gasteiger partial charge in [0.05, 0.1) is 36.8 Å². The summed E-state index contributed by atoms with van der Waals surface area (Å²) in [6.45, 7) is 6.61. The van der Waals surface area contributed by atoms with Gasteiger partial charge in [0.25, 0.3) is 5.91 Å². The minimum Gasteiger partial charge on any atom is -0.490 e. The molecule has 0 radical (unpaired) electrons. The number of nitrogens with zero attached hydrogens (tertiary/aromatic N) is 1. The molecule has 1 amide bonds. The number of carbonyl (C=O) groups is 1. The maximum atomic E-state index is 13.6. The maximum Gasteiger partial charge on any atom is 0.290 e. The van der Waals surface area contributed by atoms with E-state index in [0.29, 0.717) is 46.3 Å². The SMILES string of the molecule is CCCCCOc1ccc(C2c3c(oc4cc(C)c(Cl)cc4c3=O)C(=O)N2CCO)cc1OCC. The number of β-amino-alcohol motifs (C(OH)–C–C–N with tert-alkyl or cyclic N) is 1. The number of ether oxygens (including phenoxy) is 2. The van der Waals surface area contributed by atoms with Crippen LogP contribution in [0.5, 0.6) is 11.5 Å². The van der Waals surface area contributed by atoms with Crippen LogP contribution in [-0.4, -0.2) is 42.3 Å². The van der Waals surface area contributed by atoms with E-state index in [2.05, 4.69) is 6.92 Å². The Hall–Kier alpha value is -3.03. The second-order valence-electron chi connectivity index (χ2n) is 8.59. The van der Waals surface area contributed by atoms with Gasteiger partial charge >= 0.3 is 0 Å². The quantitative estimate of drug-likeness (QED) is 0.383. The molecule has 0 saturated heterocycles. The van der Waals surface area contributed by atoms with Gasteiger partial charge in [0.1, 0.15) is 5.58 Å². The average molecular weight is 500 g/mol. The highest BCUT2D eigenvalue weighted by Crippen LogP contribution is 2.41. The van der Waals surface area contributed by atoms with Crippen LogP contribution in [0.25, 0.3) is 11.0 Å². The van der Waals surface area contributed by atoms with E-state index < -0.39 is 11.9 Å². The van der Waals surface area contributed by atoms with E-state index in [1.807, 2.05) is 13.0 Å². The molecule has 2 heterocycles. The van der Waals surface area contributed by atoms with E-state index in [0.717, 1.165) is 24.8 Å². The van der Waals surface area contributed by atoms with Crippen molar-refractivity contribution in [3.63, 3.8) is 0 Å². The third kappa shape index (κ3) is 4.75. The highest BCUT2D eigenvalue weighted by Gasteiger charge is 2.42. The van der Waals surface area contributed by atoms with Gasteiger partial charge in [-0.15, -0.1) is 0 Å². The van der Waals surface area contributed by atoms with E-state index >= 15 is 0 Å². The lowest BCUT2D eigenvalue weighted by atomic mass is 9.97. The lowest BCUT2D eigenvalue weighted by Crippen LogP contribution is -2.32. The fourth-order valence-corrected chi connectivity index (χ4v) is 4.61. The van der Waals surface area contributed by atoms with Crippen LogP contribution in [0.4, 0.5) is 0 Å². The van der Waals surface area contributed by atoms with E-state index in [-0.39, 0.29) is 29.9 Å². The van der Waals surface area contributed by atoms with Gasteiger partial charge in [-0.2, -0.15) is 0 Å². The first-order valence-corrected chi connectivity index (χ1v) is 12.4. The second-order valence-corrected chi connectivity index (χ2v) is 9.00. The molecule has 1 atom stereocenters. The average Bonchev–Trinajstić information content (AvgIpc) is 3.11. The molecule has 8 heteroatoms. The van der Waals surface area contributed by atoms with E-state index in [4.69, 9.17) is 25.5 Å². The fourth-order valence-electron chi connectivity index (χ4n) is 4.44. The Morgan fingerprint density at radius 2 is 1.89 bits per heavy atom. The van der Waals surface area contributed by atoms with Crippen molar-refractivity contribution in [2.24, 2.45) is 0 Å². The summed E-state index contributed by atoms with van der Waals surface area (Å²) in [4.78, 5) is 28.4. The number of aliphatic hydroxyl groups is 1. The van der Waals surface area contributed by atoms with Crippen molar-refractivity contribution in [2.45, 2.75) is 46.1 Å². The van der Waals surface area contributed by atoms with E-state index in [1.165, 1.54) is 4.90 Å². The smallest absolute Gasteiger partial charge is 0.290 e. The number of hydrogen-bond donors (Lipinski definition) is 1. The van der Waals surface area contributed by atoms with Crippen LogP contribution < -0.4 is 14.9 Å². The van der Waals surface area contributed by atoms with Gasteiger partial charge in [-0.3, -0.25) is 9.59 Å². The number of carbonyl (C=O) groups excluding carboxylic acids is 1. The highest BCUT2D eigenvalue weighted by atomic mass is 35.5. The van der Waals surface area contributed by atoms with Crippen molar-refractivity contribution in [3.8, 4) is 11.5 Å². The number of rotatable bonds is 10. The molecule has 0 fully saturated rings. The molecular formula is C27H30ClNO6. The van der Waals surface area contributed by atoms with Crippen molar-refractivity contribution in [2.75, 3.05) is 26.4 Å². The van der Waals surface area contributed by atoms with E-state index in [9.17, 15) is 14.7 Å². The molecule has 1 aliphatic rings. The standard InChI is InChI=1S/C27H30ClNO6/c1-4-6-7-12-34-20-9-8-17(14-22(20)33-5-2)24-23-25(31)18-15-19(28)16(3)13-21(18)35-26(23)27(32)29(24)10-11-30/h8-9,13-15,24,30H,4-7,10-12H2,1-3H3. The lowest BCUT2D eigenvalue weighted by Gasteiger charge is -2.25. The number of benzene rings is 2. The Morgan fingerprint density at radius 3 is 2.60 bits per heavy atom. The van der Waals surface area contributed by atoms with Crippen LogP contribution in [0.1, 0.15) is 66.4 Å². The summed E-state index contributed by atoms with van der Waals surface area (Å²) in [5.41, 5.74) is 1.63. The van der Waals surface area contributed by atoms with Gasteiger partial charge in [0.2, 0.25) is 5.76 Å². The van der Waals surface area contributed by atoms with Gasteiger partial charge in [-0.05, 0) is 55.7 Å². The maximum absolute atomic E-state index is 13.6. The first-order valence-electron chi connectivity index (χ1n) is 12.0.